The maximum atomic E-state index is 13.8. The van der Waals surface area contributed by atoms with Gasteiger partial charge in [0, 0.05) is 28.6 Å². The van der Waals surface area contributed by atoms with Crippen molar-refractivity contribution >= 4 is 34.8 Å². The Balaban J connectivity index is 1.54. The zero-order valence-corrected chi connectivity index (χ0v) is 22.2. The zero-order chi connectivity index (χ0) is 25.8. The highest BCUT2D eigenvalue weighted by molar-refractivity contribution is 7.10. The van der Waals surface area contributed by atoms with Crippen molar-refractivity contribution in [1.82, 2.24) is 9.80 Å². The summed E-state index contributed by atoms with van der Waals surface area (Å²) in [6, 6.07) is 12.9. The topological polar surface area (TPSA) is 49.9 Å². The van der Waals surface area contributed by atoms with Gasteiger partial charge >= 0.3 is 0 Å². The Morgan fingerprint density at radius 3 is 2.75 bits per heavy atom. The number of hydrogen-bond donors (Lipinski definition) is 0. The van der Waals surface area contributed by atoms with Crippen LogP contribution in [0.2, 0.25) is 5.02 Å². The number of fused-ring (bicyclic) bond motifs is 1. The second-order valence-corrected chi connectivity index (χ2v) is 10.9. The Morgan fingerprint density at radius 1 is 1.22 bits per heavy atom. The highest BCUT2D eigenvalue weighted by Crippen LogP contribution is 2.34. The zero-order valence-electron chi connectivity index (χ0n) is 20.7. The molecule has 190 valence electrons. The number of thiophene rings is 1. The van der Waals surface area contributed by atoms with Crippen LogP contribution in [0.1, 0.15) is 46.3 Å². The van der Waals surface area contributed by atoms with E-state index in [1.54, 1.807) is 23.5 Å². The first kappa shape index (κ1) is 26.2. The number of hydrogen-bond acceptors (Lipinski definition) is 4. The summed E-state index contributed by atoms with van der Waals surface area (Å²) >= 11 is 7.83. The Hall–Kier alpha value is -2.90. The van der Waals surface area contributed by atoms with Crippen LogP contribution in [0.15, 0.2) is 53.9 Å². The summed E-state index contributed by atoms with van der Waals surface area (Å²) < 4.78 is 19.9. The monoisotopic (exact) mass is 528 g/mol. The Morgan fingerprint density at radius 2 is 2.03 bits per heavy atom. The van der Waals surface area contributed by atoms with E-state index >= 15 is 0 Å². The number of rotatable bonds is 8. The van der Waals surface area contributed by atoms with Gasteiger partial charge in [-0.3, -0.25) is 9.59 Å². The van der Waals surface area contributed by atoms with E-state index in [4.69, 9.17) is 16.3 Å². The number of nitrogens with zero attached hydrogens (tertiary/aromatic N) is 2. The van der Waals surface area contributed by atoms with Crippen LogP contribution in [0, 0.1) is 18.7 Å². The third kappa shape index (κ3) is 6.08. The molecule has 2 heterocycles. The normalized spacial score (nSPS) is 15.1. The van der Waals surface area contributed by atoms with Crippen LogP contribution in [0.4, 0.5) is 4.39 Å². The molecule has 0 N–H and O–H groups in total. The molecule has 5 nitrogen and oxygen atoms in total. The molecule has 4 rings (SSSR count). The summed E-state index contributed by atoms with van der Waals surface area (Å²) in [6.07, 6.45) is 0.761. The minimum Gasteiger partial charge on any atom is -0.491 e. The van der Waals surface area contributed by atoms with Crippen LogP contribution >= 0.6 is 22.9 Å². The minimum atomic E-state index is -0.479. The first-order valence-electron chi connectivity index (χ1n) is 12.0. The lowest BCUT2D eigenvalue weighted by Crippen LogP contribution is -2.48. The summed E-state index contributed by atoms with van der Waals surface area (Å²) in [6.45, 7) is 7.04. The van der Waals surface area contributed by atoms with E-state index in [2.05, 4.69) is 0 Å². The molecule has 8 heteroatoms. The molecule has 0 unspecified atom stereocenters. The van der Waals surface area contributed by atoms with Crippen molar-refractivity contribution in [2.24, 2.45) is 5.92 Å². The largest absolute Gasteiger partial charge is 0.491 e. The van der Waals surface area contributed by atoms with E-state index < -0.39 is 5.82 Å². The van der Waals surface area contributed by atoms with Gasteiger partial charge in [0.05, 0.1) is 6.04 Å². The van der Waals surface area contributed by atoms with E-state index in [0.29, 0.717) is 30.5 Å². The fraction of sp³-hybridized carbons (Fsp3) is 0.357. The number of benzene rings is 2. The maximum absolute atomic E-state index is 13.8. The van der Waals surface area contributed by atoms with Gasteiger partial charge in [0.25, 0.3) is 5.91 Å². The lowest BCUT2D eigenvalue weighted by atomic mass is 10.00. The Kier molecular flexibility index (Phi) is 8.32. The molecule has 2 amide bonds. The average molecular weight is 529 g/mol. The molecule has 1 aromatic heterocycles. The average Bonchev–Trinajstić information content (AvgIpc) is 3.32. The standard InChI is InChI=1S/C28H30ClFN2O3S/c1-18(2)15-31(28(34)20-5-4-6-21(30)14-20)16-27(33)32-11-9-26-23(10-12-36-26)25(32)17-35-22-7-8-24(29)19(3)13-22/h4-8,10,12-14,18,25H,9,11,15-17H2,1-3H3/t25-/m0/s1. The molecule has 0 aliphatic carbocycles. The second kappa shape index (κ2) is 11.4. The van der Waals surface area contributed by atoms with Crippen molar-refractivity contribution in [1.29, 1.82) is 0 Å². The Labute approximate surface area is 220 Å². The van der Waals surface area contributed by atoms with Crippen molar-refractivity contribution in [3.8, 4) is 5.75 Å². The van der Waals surface area contributed by atoms with Gasteiger partial charge in [-0.05, 0) is 78.2 Å². The van der Waals surface area contributed by atoms with Gasteiger partial charge in [-0.2, -0.15) is 0 Å². The maximum Gasteiger partial charge on any atom is 0.254 e. The fourth-order valence-corrected chi connectivity index (χ4v) is 5.52. The highest BCUT2D eigenvalue weighted by atomic mass is 35.5. The van der Waals surface area contributed by atoms with Crippen molar-refractivity contribution < 1.29 is 18.7 Å². The lowest BCUT2D eigenvalue weighted by molar-refractivity contribution is -0.135. The fourth-order valence-electron chi connectivity index (χ4n) is 4.47. The van der Waals surface area contributed by atoms with E-state index in [1.807, 2.05) is 49.3 Å². The molecule has 0 saturated heterocycles. The molecule has 0 fully saturated rings. The second-order valence-electron chi connectivity index (χ2n) is 9.46. The van der Waals surface area contributed by atoms with Crippen molar-refractivity contribution in [3.05, 3.63) is 86.3 Å². The quantitative estimate of drug-likeness (QED) is 0.352. The van der Waals surface area contributed by atoms with Gasteiger partial charge in [-0.25, -0.2) is 4.39 Å². The molecule has 0 spiro atoms. The third-order valence-electron chi connectivity index (χ3n) is 6.22. The molecular formula is C28H30ClFN2O3S. The number of carbonyl (C=O) groups excluding carboxylic acids is 2. The van der Waals surface area contributed by atoms with Gasteiger partial charge in [0.15, 0.2) is 0 Å². The molecule has 2 aromatic carbocycles. The van der Waals surface area contributed by atoms with Crippen molar-refractivity contribution in [3.63, 3.8) is 0 Å². The van der Waals surface area contributed by atoms with E-state index in [-0.39, 0.29) is 35.9 Å². The summed E-state index contributed by atoms with van der Waals surface area (Å²) in [5.41, 5.74) is 2.24. The van der Waals surface area contributed by atoms with E-state index in [9.17, 15) is 14.0 Å². The van der Waals surface area contributed by atoms with E-state index in [0.717, 1.165) is 17.5 Å². The first-order valence-corrected chi connectivity index (χ1v) is 13.3. The lowest BCUT2D eigenvalue weighted by Gasteiger charge is -2.37. The molecule has 0 radical (unpaired) electrons. The smallest absolute Gasteiger partial charge is 0.254 e. The van der Waals surface area contributed by atoms with Crippen LogP contribution in [-0.4, -0.2) is 47.9 Å². The predicted molar refractivity (Wildman–Crippen MR) is 141 cm³/mol. The molecule has 36 heavy (non-hydrogen) atoms. The first-order chi connectivity index (χ1) is 17.2. The molecule has 3 aromatic rings. The third-order valence-corrected chi connectivity index (χ3v) is 7.64. The highest BCUT2D eigenvalue weighted by Gasteiger charge is 2.34. The van der Waals surface area contributed by atoms with Crippen LogP contribution in [0.25, 0.3) is 0 Å². The molecule has 1 aliphatic heterocycles. The number of amides is 2. The summed E-state index contributed by atoms with van der Waals surface area (Å²) in [7, 11) is 0. The Bertz CT molecular complexity index is 1250. The van der Waals surface area contributed by atoms with E-state index in [1.165, 1.54) is 28.0 Å². The van der Waals surface area contributed by atoms with Gasteiger partial charge in [-0.15, -0.1) is 11.3 Å². The SMILES string of the molecule is Cc1cc(OC[C@H]2c3ccsc3CCN2C(=O)CN(CC(C)C)C(=O)c2cccc(F)c2)ccc1Cl. The minimum absolute atomic E-state index is 0.0798. The van der Waals surface area contributed by atoms with Crippen molar-refractivity contribution in [2.45, 2.75) is 33.2 Å². The van der Waals surface area contributed by atoms with Crippen LogP contribution < -0.4 is 4.74 Å². The number of ether oxygens (including phenoxy) is 1. The number of aryl methyl sites for hydroxylation is 1. The molecule has 1 aliphatic rings. The molecular weight excluding hydrogens is 499 g/mol. The van der Waals surface area contributed by atoms with Gasteiger partial charge in [-0.1, -0.05) is 31.5 Å². The van der Waals surface area contributed by atoms with Crippen LogP contribution in [-0.2, 0) is 11.2 Å². The molecule has 0 bridgehead atoms. The van der Waals surface area contributed by atoms with Crippen LogP contribution in [0.5, 0.6) is 5.75 Å². The van der Waals surface area contributed by atoms with Gasteiger partial charge < -0.3 is 14.5 Å². The predicted octanol–water partition coefficient (Wildman–Crippen LogP) is 6.15. The van der Waals surface area contributed by atoms with Gasteiger partial charge in [0.1, 0.15) is 24.7 Å². The van der Waals surface area contributed by atoms with Crippen LogP contribution in [0.3, 0.4) is 0 Å². The van der Waals surface area contributed by atoms with Gasteiger partial charge in [0.2, 0.25) is 5.91 Å². The molecule has 0 saturated carbocycles. The molecule has 1 atom stereocenters. The van der Waals surface area contributed by atoms with Crippen molar-refractivity contribution in [2.75, 3.05) is 26.2 Å². The summed E-state index contributed by atoms with van der Waals surface area (Å²) in [4.78, 5) is 31.4. The summed E-state index contributed by atoms with van der Waals surface area (Å²) in [5.74, 6) is -0.151. The number of halogens is 2. The summed E-state index contributed by atoms with van der Waals surface area (Å²) in [5, 5.41) is 2.71. The number of carbonyl (C=O) groups is 2.